The quantitative estimate of drug-likeness (QED) is 0.283. The van der Waals surface area contributed by atoms with Crippen molar-refractivity contribution in [3.63, 3.8) is 0 Å². The van der Waals surface area contributed by atoms with E-state index >= 15 is 0 Å². The zero-order valence-electron chi connectivity index (χ0n) is 25.3. The van der Waals surface area contributed by atoms with E-state index < -0.39 is 0 Å². The van der Waals surface area contributed by atoms with Gasteiger partial charge in [0.15, 0.2) is 0 Å². The van der Waals surface area contributed by atoms with Gasteiger partial charge in [-0.1, -0.05) is 0 Å². The Kier molecular flexibility index (Phi) is 7.52. The Morgan fingerprint density at radius 2 is 1.91 bits per heavy atom. The molecule has 2 aliphatic rings. The highest BCUT2D eigenvalue weighted by molar-refractivity contribution is 5.82. The number of aromatic nitrogens is 6. The minimum atomic E-state index is -0.133. The van der Waals surface area contributed by atoms with Crippen molar-refractivity contribution in [3.05, 3.63) is 71.1 Å². The monoisotopic (exact) mass is 592 g/mol. The molecule has 1 atom stereocenters. The smallest absolute Gasteiger partial charge is 0.266 e. The molecule has 4 aromatic heterocycles. The maximum atomic E-state index is 14.0. The fraction of sp³-hybridized carbons (Fsp3) is 0.375. The summed E-state index contributed by atoms with van der Waals surface area (Å²) in [5, 5.41) is 11.8. The predicted molar refractivity (Wildman–Crippen MR) is 170 cm³/mol. The van der Waals surface area contributed by atoms with Crippen molar-refractivity contribution in [2.45, 2.75) is 32.4 Å². The van der Waals surface area contributed by atoms with Crippen LogP contribution < -0.4 is 15.8 Å². The van der Waals surface area contributed by atoms with Crippen molar-refractivity contribution < 1.29 is 4.42 Å². The predicted octanol–water partition coefficient (Wildman–Crippen LogP) is 3.80. The van der Waals surface area contributed by atoms with Gasteiger partial charge in [-0.15, -0.1) is 10.2 Å². The highest BCUT2D eigenvalue weighted by Crippen LogP contribution is 2.28. The molecule has 0 spiro atoms. The number of hydrogen-bond donors (Lipinski definition) is 1. The van der Waals surface area contributed by atoms with E-state index in [1.165, 1.54) is 31.5 Å². The third-order valence-corrected chi connectivity index (χ3v) is 8.65. The molecule has 7 rings (SSSR count). The Morgan fingerprint density at radius 1 is 1.05 bits per heavy atom. The Balaban J connectivity index is 1.18. The number of hydrogen-bond acceptors (Lipinski definition) is 11. The second-order valence-corrected chi connectivity index (χ2v) is 11.9. The number of likely N-dealkylation sites (N-methyl/N-ethyl adjacent to an activating group) is 1. The fourth-order valence-corrected chi connectivity index (χ4v) is 6.27. The van der Waals surface area contributed by atoms with Crippen LogP contribution in [0.15, 0.2) is 64.4 Å². The first-order valence-electron chi connectivity index (χ1n) is 15.1. The van der Waals surface area contributed by atoms with E-state index in [-0.39, 0.29) is 5.56 Å². The summed E-state index contributed by atoms with van der Waals surface area (Å²) < 4.78 is 7.03. The second kappa shape index (κ2) is 11.8. The Bertz CT molecular complexity index is 1840. The number of fused-ring (bicyclic) bond motifs is 2. The first-order valence-corrected chi connectivity index (χ1v) is 15.1. The van der Waals surface area contributed by atoms with E-state index in [4.69, 9.17) is 9.40 Å². The number of nitrogens with zero attached hydrogens (tertiary/aromatic N) is 9. The number of rotatable bonds is 8. The topological polar surface area (TPSA) is 121 Å². The molecular weight excluding hydrogens is 556 g/mol. The molecule has 0 radical (unpaired) electrons. The van der Waals surface area contributed by atoms with Gasteiger partial charge in [0.25, 0.3) is 11.4 Å². The molecule has 0 bridgehead atoms. The SMILES string of the molecule is Cc1cc(-c2nnco2)ncc1-c1cc2cnc(Nc3ccc(N4CCN5CCCC5C4)cc3)nc2n(CCN(C)C)c1=O. The summed E-state index contributed by atoms with van der Waals surface area (Å²) in [6.45, 7) is 7.61. The number of pyridine rings is 2. The minimum absolute atomic E-state index is 0.133. The largest absolute Gasteiger partial charge is 0.422 e. The fourth-order valence-electron chi connectivity index (χ4n) is 6.27. The van der Waals surface area contributed by atoms with Gasteiger partial charge in [0.05, 0.1) is 0 Å². The third kappa shape index (κ3) is 5.53. The first kappa shape index (κ1) is 28.1. The average Bonchev–Trinajstić information content (AvgIpc) is 3.73. The lowest BCUT2D eigenvalue weighted by Crippen LogP contribution is -2.50. The zero-order chi connectivity index (χ0) is 30.2. The van der Waals surface area contributed by atoms with E-state index in [1.807, 2.05) is 38.1 Å². The molecular formula is C32H36N10O2. The number of aryl methyl sites for hydroxylation is 1. The van der Waals surface area contributed by atoms with Gasteiger partial charge in [0, 0.05) is 79.0 Å². The molecule has 1 aromatic carbocycles. The highest BCUT2D eigenvalue weighted by Gasteiger charge is 2.30. The van der Waals surface area contributed by atoms with Crippen LogP contribution in [0, 0.1) is 6.92 Å². The number of benzene rings is 1. The van der Waals surface area contributed by atoms with E-state index in [0.29, 0.717) is 47.9 Å². The summed E-state index contributed by atoms with van der Waals surface area (Å²) in [5.74, 6) is 0.772. The van der Waals surface area contributed by atoms with Crippen molar-refractivity contribution in [2.75, 3.05) is 57.0 Å². The summed E-state index contributed by atoms with van der Waals surface area (Å²) >= 11 is 0. The van der Waals surface area contributed by atoms with E-state index in [2.05, 4.69) is 59.5 Å². The van der Waals surface area contributed by atoms with Crippen LogP contribution in [0.25, 0.3) is 33.7 Å². The molecule has 0 aliphatic carbocycles. The third-order valence-electron chi connectivity index (χ3n) is 8.65. The van der Waals surface area contributed by atoms with Crippen molar-refractivity contribution in [1.29, 1.82) is 0 Å². The van der Waals surface area contributed by atoms with E-state index in [0.717, 1.165) is 41.8 Å². The van der Waals surface area contributed by atoms with Gasteiger partial charge in [-0.25, -0.2) is 4.98 Å². The first-order chi connectivity index (χ1) is 21.4. The van der Waals surface area contributed by atoms with Gasteiger partial charge in [0.2, 0.25) is 12.3 Å². The molecule has 0 amide bonds. The molecule has 6 heterocycles. The van der Waals surface area contributed by atoms with Gasteiger partial charge in [-0.05, 0) is 82.4 Å². The Hall–Kier alpha value is -4.68. The molecule has 44 heavy (non-hydrogen) atoms. The molecule has 1 unspecified atom stereocenters. The van der Waals surface area contributed by atoms with Gasteiger partial charge >= 0.3 is 0 Å². The lowest BCUT2D eigenvalue weighted by atomic mass is 10.0. The van der Waals surface area contributed by atoms with Crippen molar-refractivity contribution in [3.8, 4) is 22.7 Å². The summed E-state index contributed by atoms with van der Waals surface area (Å²) in [4.78, 5) is 35.1. The number of nitrogens with one attached hydrogen (secondary N) is 1. The van der Waals surface area contributed by atoms with Crippen molar-refractivity contribution >= 4 is 28.4 Å². The van der Waals surface area contributed by atoms with Crippen LogP contribution in [0.5, 0.6) is 0 Å². The van der Waals surface area contributed by atoms with E-state index in [1.54, 1.807) is 17.0 Å². The van der Waals surface area contributed by atoms with Gasteiger partial charge < -0.3 is 19.5 Å². The van der Waals surface area contributed by atoms with Gasteiger partial charge in [-0.2, -0.15) is 4.98 Å². The molecule has 5 aromatic rings. The minimum Gasteiger partial charge on any atom is -0.422 e. The van der Waals surface area contributed by atoms with Crippen LogP contribution in [0.3, 0.4) is 0 Å². The molecule has 226 valence electrons. The molecule has 2 fully saturated rings. The maximum absolute atomic E-state index is 14.0. The number of piperazine rings is 1. The van der Waals surface area contributed by atoms with E-state index in [9.17, 15) is 4.79 Å². The van der Waals surface area contributed by atoms with Crippen LogP contribution in [0.2, 0.25) is 0 Å². The summed E-state index contributed by atoms with van der Waals surface area (Å²) in [6, 6.07) is 12.8. The lowest BCUT2D eigenvalue weighted by Gasteiger charge is -2.38. The molecule has 2 saturated heterocycles. The summed E-state index contributed by atoms with van der Waals surface area (Å²) in [7, 11) is 3.97. The Labute approximate surface area is 255 Å². The van der Waals surface area contributed by atoms with Crippen LogP contribution in [0.1, 0.15) is 18.4 Å². The second-order valence-electron chi connectivity index (χ2n) is 11.9. The van der Waals surface area contributed by atoms with Crippen LogP contribution in [-0.4, -0.2) is 92.4 Å². The molecule has 1 N–H and O–H groups in total. The standard InChI is InChI=1S/C32H36N10O2/c1-21-15-28(30-38-35-20-44-30)33-18-27(21)26-16-22-17-34-32(37-29(22)42(31(26)43)14-11-39(2)3)36-23-6-8-24(9-7-23)41-13-12-40-10-4-5-25(40)19-41/h6-9,15-18,20,25H,4-5,10-14,19H2,1-3H3,(H,34,36,37). The van der Waals surface area contributed by atoms with Crippen LogP contribution in [0.4, 0.5) is 17.3 Å². The molecule has 2 aliphatic heterocycles. The summed E-state index contributed by atoms with van der Waals surface area (Å²) in [5.41, 5.74) is 5.28. The van der Waals surface area contributed by atoms with Gasteiger partial charge in [-0.3, -0.25) is 19.2 Å². The number of anilines is 3. The highest BCUT2D eigenvalue weighted by atomic mass is 16.4. The average molecular weight is 593 g/mol. The van der Waals surface area contributed by atoms with Crippen molar-refractivity contribution in [2.24, 2.45) is 0 Å². The van der Waals surface area contributed by atoms with Gasteiger partial charge in [0.1, 0.15) is 11.3 Å². The summed E-state index contributed by atoms with van der Waals surface area (Å²) in [6.07, 6.45) is 7.32. The normalized spacial score (nSPS) is 17.0. The lowest BCUT2D eigenvalue weighted by molar-refractivity contribution is 0.231. The molecule has 12 heteroatoms. The molecule has 12 nitrogen and oxygen atoms in total. The Morgan fingerprint density at radius 3 is 2.68 bits per heavy atom. The van der Waals surface area contributed by atoms with Crippen LogP contribution in [-0.2, 0) is 6.54 Å². The zero-order valence-corrected chi connectivity index (χ0v) is 25.3. The maximum Gasteiger partial charge on any atom is 0.266 e. The van der Waals surface area contributed by atoms with Crippen molar-refractivity contribution in [1.82, 2.24) is 39.5 Å². The van der Waals surface area contributed by atoms with Crippen LogP contribution >= 0.6 is 0 Å². The molecule has 0 saturated carbocycles.